The Morgan fingerprint density at radius 2 is 1.18 bits per heavy atom. The number of hydrogen-bond acceptors (Lipinski definition) is 3. The van der Waals surface area contributed by atoms with Crippen molar-refractivity contribution in [3.05, 3.63) is 43.5 Å². The smallest absolute Gasteiger partial charge is 0.119 e. The monoisotopic (exact) mass is 148 g/mol. The SMILES string of the molecule is c1cc[nH]c1.c1ncncn1. The summed E-state index contributed by atoms with van der Waals surface area (Å²) in [5, 5.41) is 0. The lowest BCUT2D eigenvalue weighted by Crippen LogP contribution is -1.73. The first-order valence-corrected chi connectivity index (χ1v) is 3.13. The molecule has 0 amide bonds. The van der Waals surface area contributed by atoms with Crippen molar-refractivity contribution in [2.75, 3.05) is 0 Å². The molecule has 0 saturated carbocycles. The fourth-order valence-corrected chi connectivity index (χ4v) is 0.483. The van der Waals surface area contributed by atoms with E-state index in [1.165, 1.54) is 19.0 Å². The van der Waals surface area contributed by atoms with E-state index in [9.17, 15) is 0 Å². The van der Waals surface area contributed by atoms with Crippen LogP contribution >= 0.6 is 0 Å². The molecule has 0 bridgehead atoms. The van der Waals surface area contributed by atoms with Gasteiger partial charge in [-0.1, -0.05) is 0 Å². The van der Waals surface area contributed by atoms with Crippen LogP contribution in [0.5, 0.6) is 0 Å². The number of hydrogen-bond donors (Lipinski definition) is 1. The highest BCUT2D eigenvalue weighted by molar-refractivity contribution is 4.84. The topological polar surface area (TPSA) is 54.5 Å². The Morgan fingerprint density at radius 3 is 1.36 bits per heavy atom. The molecule has 4 heteroatoms. The number of nitrogens with one attached hydrogen (secondary N) is 1. The highest BCUT2D eigenvalue weighted by Crippen LogP contribution is 1.72. The quantitative estimate of drug-likeness (QED) is 0.603. The van der Waals surface area contributed by atoms with Gasteiger partial charge in [-0.25, -0.2) is 15.0 Å². The lowest BCUT2D eigenvalue weighted by atomic mass is 10.7. The second-order valence-electron chi connectivity index (χ2n) is 1.68. The summed E-state index contributed by atoms with van der Waals surface area (Å²) in [6.45, 7) is 0. The standard InChI is InChI=1S/C4H5N.C3H3N3/c1-2-4-5-3-1;1-4-2-6-3-5-1/h1-5H;1-3H. The predicted octanol–water partition coefficient (Wildman–Crippen LogP) is 0.886. The maximum atomic E-state index is 3.56. The Kier molecular flexibility index (Phi) is 3.43. The van der Waals surface area contributed by atoms with Gasteiger partial charge < -0.3 is 4.98 Å². The van der Waals surface area contributed by atoms with Gasteiger partial charge in [0.25, 0.3) is 0 Å². The van der Waals surface area contributed by atoms with Crippen molar-refractivity contribution in [1.82, 2.24) is 19.9 Å². The second kappa shape index (κ2) is 5.10. The van der Waals surface area contributed by atoms with Gasteiger partial charge in [0.15, 0.2) is 0 Å². The van der Waals surface area contributed by atoms with E-state index in [2.05, 4.69) is 19.9 Å². The summed E-state index contributed by atoms with van der Waals surface area (Å²) in [7, 11) is 0. The van der Waals surface area contributed by atoms with Gasteiger partial charge in [-0.2, -0.15) is 0 Å². The van der Waals surface area contributed by atoms with Crippen molar-refractivity contribution in [2.24, 2.45) is 0 Å². The lowest BCUT2D eigenvalue weighted by Gasteiger charge is -1.69. The van der Waals surface area contributed by atoms with Crippen molar-refractivity contribution in [3.63, 3.8) is 0 Å². The van der Waals surface area contributed by atoms with E-state index in [0.717, 1.165) is 0 Å². The first kappa shape index (κ1) is 7.40. The Labute approximate surface area is 64.4 Å². The van der Waals surface area contributed by atoms with Gasteiger partial charge in [0, 0.05) is 12.4 Å². The maximum Gasteiger partial charge on any atom is 0.119 e. The number of aromatic nitrogens is 4. The van der Waals surface area contributed by atoms with Crippen LogP contribution in [0.25, 0.3) is 0 Å². The highest BCUT2D eigenvalue weighted by Gasteiger charge is 1.59. The Balaban J connectivity index is 0.000000112. The molecule has 4 nitrogen and oxygen atoms in total. The summed E-state index contributed by atoms with van der Waals surface area (Å²) in [4.78, 5) is 13.5. The predicted molar refractivity (Wildman–Crippen MR) is 40.6 cm³/mol. The summed E-state index contributed by atoms with van der Waals surface area (Å²) in [6.07, 6.45) is 8.06. The second-order valence-corrected chi connectivity index (χ2v) is 1.68. The molecular formula is C7H8N4. The van der Waals surface area contributed by atoms with Crippen LogP contribution in [0.15, 0.2) is 43.5 Å². The van der Waals surface area contributed by atoms with E-state index in [1.54, 1.807) is 0 Å². The van der Waals surface area contributed by atoms with Crippen LogP contribution in [0.2, 0.25) is 0 Å². The maximum absolute atomic E-state index is 3.56. The molecule has 0 aliphatic heterocycles. The minimum atomic E-state index is 1.44. The average Bonchev–Trinajstić information content (AvgIpc) is 2.64. The largest absolute Gasteiger partial charge is 0.368 e. The third kappa shape index (κ3) is 3.80. The fourth-order valence-electron chi connectivity index (χ4n) is 0.483. The van der Waals surface area contributed by atoms with Gasteiger partial charge in [-0.05, 0) is 12.1 Å². The molecule has 0 aromatic carbocycles. The zero-order valence-electron chi connectivity index (χ0n) is 5.88. The minimum Gasteiger partial charge on any atom is -0.368 e. The molecule has 0 atom stereocenters. The van der Waals surface area contributed by atoms with Crippen molar-refractivity contribution < 1.29 is 0 Å². The molecule has 0 aliphatic rings. The molecule has 2 aromatic rings. The van der Waals surface area contributed by atoms with Gasteiger partial charge in [-0.3, -0.25) is 0 Å². The third-order valence-corrected chi connectivity index (χ3v) is 0.896. The van der Waals surface area contributed by atoms with Gasteiger partial charge in [0.1, 0.15) is 19.0 Å². The molecule has 0 unspecified atom stereocenters. The number of rotatable bonds is 0. The third-order valence-electron chi connectivity index (χ3n) is 0.896. The molecule has 2 rings (SSSR count). The van der Waals surface area contributed by atoms with Crippen molar-refractivity contribution in [2.45, 2.75) is 0 Å². The van der Waals surface area contributed by atoms with Gasteiger partial charge in [0.2, 0.25) is 0 Å². The molecular weight excluding hydrogens is 140 g/mol. The summed E-state index contributed by atoms with van der Waals surface area (Å²) < 4.78 is 0. The summed E-state index contributed by atoms with van der Waals surface area (Å²) in [5.41, 5.74) is 0. The van der Waals surface area contributed by atoms with Gasteiger partial charge >= 0.3 is 0 Å². The average molecular weight is 148 g/mol. The van der Waals surface area contributed by atoms with Crippen LogP contribution in [0.1, 0.15) is 0 Å². The highest BCUT2D eigenvalue weighted by atomic mass is 14.9. The van der Waals surface area contributed by atoms with Gasteiger partial charge in [-0.15, -0.1) is 0 Å². The van der Waals surface area contributed by atoms with E-state index >= 15 is 0 Å². The lowest BCUT2D eigenvalue weighted by molar-refractivity contribution is 1.05. The van der Waals surface area contributed by atoms with Crippen LogP contribution in [0.4, 0.5) is 0 Å². The Bertz CT molecular complexity index is 196. The van der Waals surface area contributed by atoms with Crippen molar-refractivity contribution in [1.29, 1.82) is 0 Å². The molecule has 11 heavy (non-hydrogen) atoms. The van der Waals surface area contributed by atoms with E-state index in [-0.39, 0.29) is 0 Å². The van der Waals surface area contributed by atoms with E-state index in [0.29, 0.717) is 0 Å². The number of nitrogens with zero attached hydrogens (tertiary/aromatic N) is 3. The molecule has 0 spiro atoms. The number of H-pyrrole nitrogens is 1. The molecule has 1 N–H and O–H groups in total. The van der Waals surface area contributed by atoms with E-state index < -0.39 is 0 Å². The zero-order valence-corrected chi connectivity index (χ0v) is 5.88. The number of aromatic amines is 1. The molecule has 56 valence electrons. The van der Waals surface area contributed by atoms with Crippen LogP contribution in [-0.2, 0) is 0 Å². The van der Waals surface area contributed by atoms with E-state index in [4.69, 9.17) is 0 Å². The molecule has 2 heterocycles. The Hall–Kier alpha value is -1.71. The fraction of sp³-hybridized carbons (Fsp3) is 0. The summed E-state index contributed by atoms with van der Waals surface area (Å²) in [5.74, 6) is 0. The first-order valence-electron chi connectivity index (χ1n) is 3.13. The molecule has 0 saturated heterocycles. The van der Waals surface area contributed by atoms with Crippen molar-refractivity contribution in [3.8, 4) is 0 Å². The summed E-state index contributed by atoms with van der Waals surface area (Å²) >= 11 is 0. The van der Waals surface area contributed by atoms with Gasteiger partial charge in [0.05, 0.1) is 0 Å². The van der Waals surface area contributed by atoms with Crippen LogP contribution in [-0.4, -0.2) is 19.9 Å². The van der Waals surface area contributed by atoms with Crippen LogP contribution in [0.3, 0.4) is 0 Å². The van der Waals surface area contributed by atoms with E-state index in [1.807, 2.05) is 24.5 Å². The van der Waals surface area contributed by atoms with Crippen LogP contribution < -0.4 is 0 Å². The molecule has 0 radical (unpaired) electrons. The molecule has 0 fully saturated rings. The molecule has 2 aromatic heterocycles. The minimum absolute atomic E-state index is 1.44. The van der Waals surface area contributed by atoms with Crippen LogP contribution in [0, 0.1) is 0 Å². The first-order chi connectivity index (χ1) is 5.50. The Morgan fingerprint density at radius 1 is 0.727 bits per heavy atom. The molecule has 0 aliphatic carbocycles. The normalized spacial score (nSPS) is 8.00. The summed E-state index contributed by atoms with van der Waals surface area (Å²) in [6, 6.07) is 3.89. The van der Waals surface area contributed by atoms with Crippen molar-refractivity contribution >= 4 is 0 Å². The zero-order chi connectivity index (χ0) is 7.78.